The number of nitrogens with one attached hydrogen (secondary N) is 1. The van der Waals surface area contributed by atoms with E-state index in [0.717, 1.165) is 32.3 Å². The van der Waals surface area contributed by atoms with Gasteiger partial charge in [-0.1, -0.05) is 46.5 Å². The zero-order chi connectivity index (χ0) is 13.9. The van der Waals surface area contributed by atoms with Crippen LogP contribution in [0.25, 0.3) is 0 Å². The first-order valence-electron chi connectivity index (χ1n) is 8.24. The molecule has 3 nitrogen and oxygen atoms in total. The predicted octanol–water partition coefficient (Wildman–Crippen LogP) is 3.38. The second-order valence-corrected chi connectivity index (χ2v) is 5.70. The van der Waals surface area contributed by atoms with E-state index >= 15 is 0 Å². The quantitative estimate of drug-likeness (QED) is 0.661. The first kappa shape index (κ1) is 16.9. The van der Waals surface area contributed by atoms with Gasteiger partial charge in [0.15, 0.2) is 0 Å². The molecule has 19 heavy (non-hydrogen) atoms. The Hall–Kier alpha value is -0.120. The van der Waals surface area contributed by atoms with Crippen molar-refractivity contribution in [3.05, 3.63) is 0 Å². The van der Waals surface area contributed by atoms with Crippen LogP contribution < -0.4 is 5.32 Å². The molecular weight excluding hydrogens is 238 g/mol. The molecule has 3 unspecified atom stereocenters. The van der Waals surface area contributed by atoms with Crippen molar-refractivity contribution in [2.45, 2.75) is 71.4 Å². The van der Waals surface area contributed by atoms with Crippen LogP contribution in [0.4, 0.5) is 0 Å². The maximum Gasteiger partial charge on any atom is 0.0962 e. The first-order valence-corrected chi connectivity index (χ1v) is 8.24. The largest absolute Gasteiger partial charge is 0.376 e. The first-order chi connectivity index (χ1) is 9.31. The summed E-state index contributed by atoms with van der Waals surface area (Å²) in [6.45, 7) is 10.1. The maximum atomic E-state index is 5.90. The van der Waals surface area contributed by atoms with Gasteiger partial charge in [-0.2, -0.15) is 0 Å². The fourth-order valence-electron chi connectivity index (χ4n) is 2.78. The Morgan fingerprint density at radius 2 is 2.00 bits per heavy atom. The molecule has 114 valence electrons. The van der Waals surface area contributed by atoms with Crippen molar-refractivity contribution < 1.29 is 9.47 Å². The molecule has 0 radical (unpaired) electrons. The molecule has 0 aromatic rings. The summed E-state index contributed by atoms with van der Waals surface area (Å²) < 4.78 is 11.5. The van der Waals surface area contributed by atoms with E-state index in [-0.39, 0.29) is 6.10 Å². The Morgan fingerprint density at radius 1 is 1.16 bits per heavy atom. The average molecular weight is 271 g/mol. The average Bonchev–Trinajstić information content (AvgIpc) is 2.47. The van der Waals surface area contributed by atoms with Gasteiger partial charge in [-0.3, -0.25) is 0 Å². The second-order valence-electron chi connectivity index (χ2n) is 5.70. The number of rotatable bonds is 10. The summed E-state index contributed by atoms with van der Waals surface area (Å²) in [5.74, 6) is 0.819. The van der Waals surface area contributed by atoms with Gasteiger partial charge in [0, 0.05) is 6.04 Å². The van der Waals surface area contributed by atoms with Crippen LogP contribution in [0.3, 0.4) is 0 Å². The Balaban J connectivity index is 2.45. The zero-order valence-corrected chi connectivity index (χ0v) is 13.1. The van der Waals surface area contributed by atoms with Crippen LogP contribution in [0.2, 0.25) is 0 Å². The number of hydrogen-bond acceptors (Lipinski definition) is 3. The van der Waals surface area contributed by atoms with Gasteiger partial charge >= 0.3 is 0 Å². The smallest absolute Gasteiger partial charge is 0.0962 e. The summed E-state index contributed by atoms with van der Waals surface area (Å²) in [6.07, 6.45) is 7.92. The third-order valence-electron chi connectivity index (χ3n) is 4.08. The van der Waals surface area contributed by atoms with Crippen molar-refractivity contribution in [2.75, 3.05) is 26.4 Å². The summed E-state index contributed by atoms with van der Waals surface area (Å²) >= 11 is 0. The van der Waals surface area contributed by atoms with Crippen LogP contribution in [0.1, 0.15) is 59.3 Å². The monoisotopic (exact) mass is 271 g/mol. The van der Waals surface area contributed by atoms with E-state index in [1.165, 1.54) is 38.5 Å². The highest BCUT2D eigenvalue weighted by molar-refractivity contribution is 4.81. The van der Waals surface area contributed by atoms with Crippen LogP contribution in [0, 0.1) is 5.92 Å². The Bertz CT molecular complexity index is 205. The molecule has 1 rings (SSSR count). The SMILES string of the molecule is CCCCC(CC)CC(NCCC)C1COCCO1. The third kappa shape index (κ3) is 6.73. The predicted molar refractivity (Wildman–Crippen MR) is 80.6 cm³/mol. The molecule has 0 saturated carbocycles. The molecule has 3 atom stereocenters. The highest BCUT2D eigenvalue weighted by atomic mass is 16.6. The molecule has 0 spiro atoms. The molecule has 1 saturated heterocycles. The third-order valence-corrected chi connectivity index (χ3v) is 4.08. The summed E-state index contributed by atoms with van der Waals surface area (Å²) in [6, 6.07) is 0.460. The van der Waals surface area contributed by atoms with E-state index in [1.807, 2.05) is 0 Å². The van der Waals surface area contributed by atoms with Gasteiger partial charge in [0.05, 0.1) is 25.9 Å². The summed E-state index contributed by atoms with van der Waals surface area (Å²) in [7, 11) is 0. The standard InChI is InChI=1S/C16H33NO2/c1-4-7-8-14(6-3)12-15(17-9-5-2)16-13-18-10-11-19-16/h14-17H,4-13H2,1-3H3. The minimum atomic E-state index is 0.246. The lowest BCUT2D eigenvalue weighted by atomic mass is 9.90. The lowest BCUT2D eigenvalue weighted by molar-refractivity contribution is -0.104. The molecular formula is C16H33NO2. The van der Waals surface area contributed by atoms with E-state index in [9.17, 15) is 0 Å². The van der Waals surface area contributed by atoms with Crippen molar-refractivity contribution >= 4 is 0 Å². The van der Waals surface area contributed by atoms with Crippen molar-refractivity contribution in [1.29, 1.82) is 0 Å². The molecule has 0 aliphatic carbocycles. The van der Waals surface area contributed by atoms with Gasteiger partial charge in [-0.15, -0.1) is 0 Å². The van der Waals surface area contributed by atoms with Gasteiger partial charge in [-0.25, -0.2) is 0 Å². The van der Waals surface area contributed by atoms with E-state index in [4.69, 9.17) is 9.47 Å². The normalized spacial score (nSPS) is 23.2. The molecule has 1 aliphatic heterocycles. The number of ether oxygens (including phenoxy) is 2. The Morgan fingerprint density at radius 3 is 2.58 bits per heavy atom. The topological polar surface area (TPSA) is 30.5 Å². The Kier molecular flexibility index (Phi) is 9.48. The van der Waals surface area contributed by atoms with Gasteiger partial charge in [-0.05, 0) is 25.3 Å². The maximum absolute atomic E-state index is 5.90. The lowest BCUT2D eigenvalue weighted by Crippen LogP contribution is -2.47. The molecule has 0 amide bonds. The minimum Gasteiger partial charge on any atom is -0.376 e. The molecule has 0 bridgehead atoms. The molecule has 0 aromatic carbocycles. The molecule has 1 N–H and O–H groups in total. The molecule has 3 heteroatoms. The summed E-state index contributed by atoms with van der Waals surface area (Å²) in [5.41, 5.74) is 0. The fraction of sp³-hybridized carbons (Fsp3) is 1.00. The van der Waals surface area contributed by atoms with Gasteiger partial charge in [0.1, 0.15) is 0 Å². The molecule has 1 heterocycles. The van der Waals surface area contributed by atoms with E-state index in [0.29, 0.717) is 6.04 Å². The van der Waals surface area contributed by atoms with Crippen molar-refractivity contribution in [2.24, 2.45) is 5.92 Å². The molecule has 1 fully saturated rings. The van der Waals surface area contributed by atoms with Crippen molar-refractivity contribution in [3.63, 3.8) is 0 Å². The number of unbranched alkanes of at least 4 members (excludes halogenated alkanes) is 1. The minimum absolute atomic E-state index is 0.246. The second kappa shape index (κ2) is 10.6. The van der Waals surface area contributed by atoms with Gasteiger partial charge in [0.2, 0.25) is 0 Å². The van der Waals surface area contributed by atoms with Crippen LogP contribution >= 0.6 is 0 Å². The highest BCUT2D eigenvalue weighted by Gasteiger charge is 2.26. The van der Waals surface area contributed by atoms with Crippen LogP contribution in [-0.4, -0.2) is 38.5 Å². The highest BCUT2D eigenvalue weighted by Crippen LogP contribution is 2.21. The number of hydrogen-bond donors (Lipinski definition) is 1. The van der Waals surface area contributed by atoms with Gasteiger partial charge < -0.3 is 14.8 Å². The van der Waals surface area contributed by atoms with E-state index < -0.39 is 0 Å². The van der Waals surface area contributed by atoms with Gasteiger partial charge in [0.25, 0.3) is 0 Å². The molecule has 1 aliphatic rings. The van der Waals surface area contributed by atoms with Crippen LogP contribution in [0.5, 0.6) is 0 Å². The van der Waals surface area contributed by atoms with Crippen molar-refractivity contribution in [3.8, 4) is 0 Å². The Labute approximate surface area is 119 Å². The summed E-state index contributed by atoms with van der Waals surface area (Å²) in [4.78, 5) is 0. The van der Waals surface area contributed by atoms with Crippen LogP contribution in [-0.2, 0) is 9.47 Å². The van der Waals surface area contributed by atoms with E-state index in [1.54, 1.807) is 0 Å². The van der Waals surface area contributed by atoms with Crippen molar-refractivity contribution in [1.82, 2.24) is 5.32 Å². The lowest BCUT2D eigenvalue weighted by Gasteiger charge is -2.33. The van der Waals surface area contributed by atoms with Crippen LogP contribution in [0.15, 0.2) is 0 Å². The fourth-order valence-corrected chi connectivity index (χ4v) is 2.78. The molecule has 0 aromatic heterocycles. The van der Waals surface area contributed by atoms with E-state index in [2.05, 4.69) is 26.1 Å². The zero-order valence-electron chi connectivity index (χ0n) is 13.1. The summed E-state index contributed by atoms with van der Waals surface area (Å²) in [5, 5.41) is 3.68.